The number of hydrogen-bond acceptors (Lipinski definition) is 5. The molecule has 110 valence electrons. The molecular formula is C14H28N4O. The van der Waals surface area contributed by atoms with Gasteiger partial charge in [0, 0.05) is 12.0 Å². The first kappa shape index (κ1) is 16.1. The fourth-order valence-electron chi connectivity index (χ4n) is 1.77. The van der Waals surface area contributed by atoms with E-state index in [2.05, 4.69) is 56.6 Å². The van der Waals surface area contributed by atoms with Gasteiger partial charge in [-0.1, -0.05) is 46.7 Å². The van der Waals surface area contributed by atoms with E-state index in [0.717, 1.165) is 18.9 Å². The number of hydrogen-bond donors (Lipinski definition) is 1. The van der Waals surface area contributed by atoms with Crippen molar-refractivity contribution in [2.45, 2.75) is 53.5 Å². The van der Waals surface area contributed by atoms with Crippen LogP contribution in [0.25, 0.3) is 0 Å². The summed E-state index contributed by atoms with van der Waals surface area (Å²) in [5, 5.41) is 4.07. The highest BCUT2D eigenvalue weighted by molar-refractivity contribution is 4.98. The smallest absolute Gasteiger partial charge is 0.232 e. The molecule has 5 nitrogen and oxygen atoms in total. The van der Waals surface area contributed by atoms with Gasteiger partial charge >= 0.3 is 0 Å². The molecule has 1 heterocycles. The van der Waals surface area contributed by atoms with Gasteiger partial charge in [0.05, 0.1) is 6.54 Å². The Bertz CT molecular complexity index is 392. The third-order valence-corrected chi connectivity index (χ3v) is 3.13. The zero-order valence-electron chi connectivity index (χ0n) is 13.2. The van der Waals surface area contributed by atoms with E-state index in [9.17, 15) is 0 Å². The van der Waals surface area contributed by atoms with Gasteiger partial charge in [0.2, 0.25) is 5.89 Å². The first-order valence-electron chi connectivity index (χ1n) is 6.93. The minimum Gasteiger partial charge on any atom is -0.339 e. The molecule has 0 bridgehead atoms. The molecule has 1 aromatic rings. The van der Waals surface area contributed by atoms with Gasteiger partial charge in [-0.2, -0.15) is 4.98 Å². The molecule has 5 heteroatoms. The average molecular weight is 268 g/mol. The Balaban J connectivity index is 2.69. The van der Waals surface area contributed by atoms with Crippen molar-refractivity contribution in [2.75, 3.05) is 19.6 Å². The van der Waals surface area contributed by atoms with Crippen LogP contribution in [-0.4, -0.2) is 34.7 Å². The summed E-state index contributed by atoms with van der Waals surface area (Å²) in [5.74, 6) is 1.44. The molecule has 0 aliphatic carbocycles. The topological polar surface area (TPSA) is 68.2 Å². The summed E-state index contributed by atoms with van der Waals surface area (Å²) in [6.07, 6.45) is 0. The first-order valence-corrected chi connectivity index (χ1v) is 6.93. The average Bonchev–Trinajstić information content (AvgIpc) is 2.76. The largest absolute Gasteiger partial charge is 0.339 e. The molecule has 0 unspecified atom stereocenters. The second kappa shape index (κ2) is 6.01. The SMILES string of the molecule is CCN(Cc1noc(C(C)(C)C)n1)CC(C)(C)CN. The lowest BCUT2D eigenvalue weighted by Gasteiger charge is -2.30. The summed E-state index contributed by atoms with van der Waals surface area (Å²) in [6.45, 7) is 15.9. The van der Waals surface area contributed by atoms with Crippen LogP contribution in [0.15, 0.2) is 4.52 Å². The van der Waals surface area contributed by atoms with E-state index in [1.165, 1.54) is 0 Å². The molecule has 2 N–H and O–H groups in total. The molecule has 0 radical (unpaired) electrons. The van der Waals surface area contributed by atoms with Crippen LogP contribution in [0.5, 0.6) is 0 Å². The van der Waals surface area contributed by atoms with Crippen LogP contribution in [0.1, 0.15) is 53.3 Å². The Hall–Kier alpha value is -0.940. The minimum absolute atomic E-state index is 0.0984. The van der Waals surface area contributed by atoms with E-state index in [1.54, 1.807) is 0 Å². The molecular weight excluding hydrogens is 240 g/mol. The minimum atomic E-state index is -0.0984. The van der Waals surface area contributed by atoms with Gasteiger partial charge < -0.3 is 10.3 Å². The quantitative estimate of drug-likeness (QED) is 0.856. The van der Waals surface area contributed by atoms with Gasteiger partial charge in [0.15, 0.2) is 5.82 Å². The molecule has 0 spiro atoms. The molecule has 0 fully saturated rings. The molecule has 0 saturated carbocycles. The number of aromatic nitrogens is 2. The Morgan fingerprint density at radius 2 is 1.84 bits per heavy atom. The molecule has 0 aliphatic rings. The lowest BCUT2D eigenvalue weighted by molar-refractivity contribution is 0.178. The number of nitrogens with two attached hydrogens (primary N) is 1. The maximum atomic E-state index is 5.79. The van der Waals surface area contributed by atoms with Gasteiger partial charge in [0.1, 0.15) is 0 Å². The monoisotopic (exact) mass is 268 g/mol. The second-order valence-electron chi connectivity index (χ2n) is 6.94. The van der Waals surface area contributed by atoms with E-state index < -0.39 is 0 Å². The number of nitrogens with zero attached hydrogens (tertiary/aromatic N) is 3. The highest BCUT2D eigenvalue weighted by Crippen LogP contribution is 2.21. The zero-order chi connectivity index (χ0) is 14.7. The Morgan fingerprint density at radius 3 is 2.26 bits per heavy atom. The van der Waals surface area contributed by atoms with Gasteiger partial charge in [0.25, 0.3) is 0 Å². The van der Waals surface area contributed by atoms with E-state index in [-0.39, 0.29) is 10.8 Å². The van der Waals surface area contributed by atoms with Gasteiger partial charge in [-0.15, -0.1) is 0 Å². The Labute approximate surface area is 116 Å². The van der Waals surface area contributed by atoms with Gasteiger partial charge in [-0.25, -0.2) is 0 Å². The maximum absolute atomic E-state index is 5.79. The van der Waals surface area contributed by atoms with Crippen molar-refractivity contribution in [1.82, 2.24) is 15.0 Å². The van der Waals surface area contributed by atoms with Crippen LogP contribution in [0.3, 0.4) is 0 Å². The summed E-state index contributed by atoms with van der Waals surface area (Å²) < 4.78 is 5.32. The molecule has 0 saturated heterocycles. The van der Waals surface area contributed by atoms with Crippen LogP contribution in [0.2, 0.25) is 0 Å². The zero-order valence-corrected chi connectivity index (χ0v) is 13.2. The van der Waals surface area contributed by atoms with Crippen molar-refractivity contribution < 1.29 is 4.52 Å². The highest BCUT2D eigenvalue weighted by Gasteiger charge is 2.24. The van der Waals surface area contributed by atoms with Crippen molar-refractivity contribution in [3.63, 3.8) is 0 Å². The van der Waals surface area contributed by atoms with Crippen LogP contribution in [0, 0.1) is 5.41 Å². The molecule has 1 aromatic heterocycles. The lowest BCUT2D eigenvalue weighted by Crippen LogP contribution is -2.38. The summed E-state index contributed by atoms with van der Waals surface area (Å²) in [4.78, 5) is 6.77. The fraction of sp³-hybridized carbons (Fsp3) is 0.857. The van der Waals surface area contributed by atoms with Crippen LogP contribution in [0.4, 0.5) is 0 Å². The predicted octanol–water partition coefficient (Wildman–Crippen LogP) is 2.17. The van der Waals surface area contributed by atoms with E-state index in [1.807, 2.05) is 0 Å². The highest BCUT2D eigenvalue weighted by atomic mass is 16.5. The van der Waals surface area contributed by atoms with Crippen LogP contribution >= 0.6 is 0 Å². The van der Waals surface area contributed by atoms with Crippen molar-refractivity contribution in [1.29, 1.82) is 0 Å². The van der Waals surface area contributed by atoms with Gasteiger partial charge in [-0.3, -0.25) is 4.90 Å². The summed E-state index contributed by atoms with van der Waals surface area (Å²) in [7, 11) is 0. The third-order valence-electron chi connectivity index (χ3n) is 3.13. The maximum Gasteiger partial charge on any atom is 0.232 e. The van der Waals surface area contributed by atoms with E-state index in [4.69, 9.17) is 10.3 Å². The summed E-state index contributed by atoms with van der Waals surface area (Å²) in [6, 6.07) is 0. The molecule has 0 aliphatic heterocycles. The van der Waals surface area contributed by atoms with Gasteiger partial charge in [-0.05, 0) is 18.5 Å². The summed E-state index contributed by atoms with van der Waals surface area (Å²) >= 11 is 0. The van der Waals surface area contributed by atoms with Crippen molar-refractivity contribution >= 4 is 0 Å². The standard InChI is InChI=1S/C14H28N4O/c1-7-18(10-14(5,6)9-15)8-11-16-12(19-17-11)13(2,3)4/h7-10,15H2,1-6H3. The predicted molar refractivity (Wildman–Crippen MR) is 76.8 cm³/mol. The van der Waals surface area contributed by atoms with Crippen molar-refractivity contribution in [3.8, 4) is 0 Å². The summed E-state index contributed by atoms with van der Waals surface area (Å²) in [5.41, 5.74) is 5.79. The van der Waals surface area contributed by atoms with Crippen LogP contribution < -0.4 is 5.73 Å². The second-order valence-corrected chi connectivity index (χ2v) is 6.94. The van der Waals surface area contributed by atoms with Crippen LogP contribution in [-0.2, 0) is 12.0 Å². The molecule has 0 aromatic carbocycles. The Kier molecular flexibility index (Phi) is 5.10. The molecule has 1 rings (SSSR count). The lowest BCUT2D eigenvalue weighted by atomic mass is 9.93. The van der Waals surface area contributed by atoms with E-state index >= 15 is 0 Å². The third kappa shape index (κ3) is 4.91. The van der Waals surface area contributed by atoms with E-state index in [0.29, 0.717) is 19.0 Å². The number of rotatable bonds is 6. The molecule has 0 amide bonds. The normalized spacial score (nSPS) is 13.3. The Morgan fingerprint density at radius 1 is 1.21 bits per heavy atom. The molecule has 19 heavy (non-hydrogen) atoms. The first-order chi connectivity index (χ1) is 8.68. The van der Waals surface area contributed by atoms with Crippen molar-refractivity contribution in [2.24, 2.45) is 11.1 Å². The van der Waals surface area contributed by atoms with Crippen molar-refractivity contribution in [3.05, 3.63) is 11.7 Å². The molecule has 0 atom stereocenters. The fourth-order valence-corrected chi connectivity index (χ4v) is 1.77.